The molecule has 0 saturated heterocycles. The number of nitrogens with zero attached hydrogens (tertiary/aromatic N) is 2. The van der Waals surface area contributed by atoms with Gasteiger partial charge in [0.15, 0.2) is 0 Å². The molecule has 0 aliphatic rings. The summed E-state index contributed by atoms with van der Waals surface area (Å²) in [5.41, 5.74) is 1.06. The van der Waals surface area contributed by atoms with E-state index in [0.717, 1.165) is 5.56 Å². The van der Waals surface area contributed by atoms with E-state index in [2.05, 4.69) is 22.4 Å². The van der Waals surface area contributed by atoms with Crippen LogP contribution < -0.4 is 0 Å². The van der Waals surface area contributed by atoms with Gasteiger partial charge in [-0.05, 0) is 29.5 Å². The van der Waals surface area contributed by atoms with E-state index >= 15 is 0 Å². The van der Waals surface area contributed by atoms with Gasteiger partial charge in [0.1, 0.15) is 5.40 Å². The van der Waals surface area contributed by atoms with Crippen molar-refractivity contribution < 1.29 is 0 Å². The van der Waals surface area contributed by atoms with Crippen LogP contribution in [0, 0.1) is 10.7 Å². The average Bonchev–Trinajstić information content (AvgIpc) is 2.25. The van der Waals surface area contributed by atoms with Crippen molar-refractivity contribution in [1.29, 1.82) is 5.26 Å². The van der Waals surface area contributed by atoms with Gasteiger partial charge in [-0.2, -0.15) is 5.26 Å². The van der Waals surface area contributed by atoms with Gasteiger partial charge in [-0.25, -0.2) is 4.99 Å². The van der Waals surface area contributed by atoms with Gasteiger partial charge in [0, 0.05) is 5.75 Å². The summed E-state index contributed by atoms with van der Waals surface area (Å²) in [7, 11) is 0. The number of benzene rings is 1. The molecule has 4 heteroatoms. The summed E-state index contributed by atoms with van der Waals surface area (Å²) in [6.45, 7) is 0. The topological polar surface area (TPSA) is 36.1 Å². The Morgan fingerprint density at radius 2 is 2.14 bits per heavy atom. The van der Waals surface area contributed by atoms with E-state index in [9.17, 15) is 0 Å². The molecule has 0 fully saturated rings. The lowest BCUT2D eigenvalue weighted by Gasteiger charge is -2.07. The van der Waals surface area contributed by atoms with Crippen LogP contribution in [0.5, 0.6) is 0 Å². The van der Waals surface area contributed by atoms with Crippen LogP contribution >= 0.6 is 24.0 Å². The number of rotatable bonds is 4. The van der Waals surface area contributed by atoms with Crippen molar-refractivity contribution in [2.75, 3.05) is 5.75 Å². The van der Waals surface area contributed by atoms with Crippen LogP contribution in [-0.4, -0.2) is 10.9 Å². The van der Waals surface area contributed by atoms with E-state index in [1.807, 2.05) is 35.7 Å². The summed E-state index contributed by atoms with van der Waals surface area (Å²) >= 11 is 5.75. The van der Waals surface area contributed by atoms with E-state index in [1.165, 1.54) is 11.8 Å². The van der Waals surface area contributed by atoms with Gasteiger partial charge in [-0.3, -0.25) is 0 Å². The normalized spacial score (nSPS) is 11.1. The van der Waals surface area contributed by atoms with Crippen LogP contribution in [0.4, 0.5) is 0 Å². The molecule has 1 rings (SSSR count). The van der Waals surface area contributed by atoms with E-state index in [0.29, 0.717) is 5.75 Å². The van der Waals surface area contributed by atoms with E-state index in [4.69, 9.17) is 5.26 Å². The number of aliphatic imine (C=N–C) groups is 1. The zero-order chi connectivity index (χ0) is 10.2. The van der Waals surface area contributed by atoms with Crippen molar-refractivity contribution in [2.45, 2.75) is 6.04 Å². The lowest BCUT2D eigenvalue weighted by molar-refractivity contribution is 0.843. The molecule has 0 bridgehead atoms. The Labute approximate surface area is 92.7 Å². The number of hydrogen-bond acceptors (Lipinski definition) is 4. The number of thioether (sulfide) groups is 1. The minimum absolute atomic E-state index is 0.0571. The molecule has 0 heterocycles. The van der Waals surface area contributed by atoms with Crippen LogP contribution in [0.1, 0.15) is 11.6 Å². The molecule has 1 atom stereocenters. The molecule has 0 aromatic heterocycles. The van der Waals surface area contributed by atoms with E-state index in [1.54, 1.807) is 0 Å². The standard InChI is InChI=1S/C10H8N2S2/c11-7-14-6-10(12-8-13)9-4-2-1-3-5-9/h1-5,10H,6H2. The fourth-order valence-electron chi connectivity index (χ4n) is 1.06. The summed E-state index contributed by atoms with van der Waals surface area (Å²) in [4.78, 5) is 4.02. The van der Waals surface area contributed by atoms with Crippen molar-refractivity contribution in [1.82, 2.24) is 0 Å². The Kier molecular flexibility index (Phi) is 4.95. The maximum Gasteiger partial charge on any atom is 0.133 e. The van der Waals surface area contributed by atoms with Crippen molar-refractivity contribution in [3.8, 4) is 5.40 Å². The Morgan fingerprint density at radius 3 is 2.71 bits per heavy atom. The van der Waals surface area contributed by atoms with Gasteiger partial charge in [-0.15, -0.1) is 0 Å². The Morgan fingerprint density at radius 1 is 1.43 bits per heavy atom. The van der Waals surface area contributed by atoms with Crippen LogP contribution in [0.15, 0.2) is 35.3 Å². The predicted octanol–water partition coefficient (Wildman–Crippen LogP) is 3.04. The Hall–Kier alpha value is -1.14. The van der Waals surface area contributed by atoms with Gasteiger partial charge >= 0.3 is 0 Å². The molecule has 1 unspecified atom stereocenters. The third kappa shape index (κ3) is 3.31. The smallest absolute Gasteiger partial charge is 0.133 e. The van der Waals surface area contributed by atoms with Gasteiger partial charge in [-0.1, -0.05) is 30.3 Å². The van der Waals surface area contributed by atoms with E-state index < -0.39 is 0 Å². The van der Waals surface area contributed by atoms with Gasteiger partial charge in [0.05, 0.1) is 11.2 Å². The first-order valence-corrected chi connectivity index (χ1v) is 5.40. The summed E-state index contributed by atoms with van der Waals surface area (Å²) in [5.74, 6) is 0.615. The maximum absolute atomic E-state index is 8.46. The summed E-state index contributed by atoms with van der Waals surface area (Å²) in [6.07, 6.45) is 0. The molecule has 0 spiro atoms. The highest BCUT2D eigenvalue weighted by molar-refractivity contribution is 8.03. The summed E-state index contributed by atoms with van der Waals surface area (Å²) in [5, 5.41) is 12.8. The number of thiocarbonyl (C=S) groups is 1. The molecular formula is C10H8N2S2. The summed E-state index contributed by atoms with van der Waals surface area (Å²) in [6, 6.07) is 9.71. The van der Waals surface area contributed by atoms with Crippen LogP contribution in [0.3, 0.4) is 0 Å². The molecule has 2 nitrogen and oxygen atoms in total. The molecule has 0 saturated carbocycles. The molecule has 14 heavy (non-hydrogen) atoms. The van der Waals surface area contributed by atoms with Crippen molar-refractivity contribution in [3.63, 3.8) is 0 Å². The first kappa shape index (κ1) is 10.9. The lowest BCUT2D eigenvalue weighted by Crippen LogP contribution is -1.97. The van der Waals surface area contributed by atoms with E-state index in [-0.39, 0.29) is 6.04 Å². The quantitative estimate of drug-likeness (QED) is 0.444. The predicted molar refractivity (Wildman–Crippen MR) is 62.3 cm³/mol. The Balaban J connectivity index is 2.79. The third-order valence-electron chi connectivity index (χ3n) is 1.70. The van der Waals surface area contributed by atoms with Gasteiger partial charge in [0.2, 0.25) is 0 Å². The zero-order valence-corrected chi connectivity index (χ0v) is 9.02. The summed E-state index contributed by atoms with van der Waals surface area (Å²) < 4.78 is 0. The highest BCUT2D eigenvalue weighted by Gasteiger charge is 2.08. The van der Waals surface area contributed by atoms with Crippen LogP contribution in [-0.2, 0) is 0 Å². The van der Waals surface area contributed by atoms with Crippen molar-refractivity contribution in [2.24, 2.45) is 4.99 Å². The minimum atomic E-state index is -0.0571. The molecule has 0 N–H and O–H groups in total. The monoisotopic (exact) mass is 220 g/mol. The molecule has 0 aliphatic carbocycles. The first-order valence-electron chi connectivity index (χ1n) is 4.01. The second-order valence-electron chi connectivity index (χ2n) is 2.55. The average molecular weight is 220 g/mol. The van der Waals surface area contributed by atoms with Crippen LogP contribution in [0.2, 0.25) is 0 Å². The fraction of sp³-hybridized carbons (Fsp3) is 0.200. The molecule has 70 valence electrons. The van der Waals surface area contributed by atoms with Crippen molar-refractivity contribution in [3.05, 3.63) is 35.9 Å². The second kappa shape index (κ2) is 6.33. The zero-order valence-electron chi connectivity index (χ0n) is 7.38. The SMILES string of the molecule is N#CSCC(N=C=S)c1ccccc1. The second-order valence-corrected chi connectivity index (χ2v) is 3.54. The highest BCUT2D eigenvalue weighted by atomic mass is 32.2. The number of hydrogen-bond donors (Lipinski definition) is 0. The molecule has 1 aromatic rings. The minimum Gasteiger partial charge on any atom is -0.223 e. The lowest BCUT2D eigenvalue weighted by atomic mass is 10.1. The first-order chi connectivity index (χ1) is 6.88. The fourth-order valence-corrected chi connectivity index (χ4v) is 1.69. The Bertz CT molecular complexity index is 363. The third-order valence-corrected chi connectivity index (χ3v) is 2.42. The number of isothiocyanates is 1. The molecular weight excluding hydrogens is 212 g/mol. The highest BCUT2D eigenvalue weighted by Crippen LogP contribution is 2.20. The number of nitriles is 1. The molecule has 0 amide bonds. The van der Waals surface area contributed by atoms with Gasteiger partial charge < -0.3 is 0 Å². The largest absolute Gasteiger partial charge is 0.223 e. The molecule has 0 aliphatic heterocycles. The molecule has 1 aromatic carbocycles. The van der Waals surface area contributed by atoms with Crippen molar-refractivity contribution >= 4 is 29.1 Å². The molecule has 0 radical (unpaired) electrons. The number of thiocyanates is 1. The van der Waals surface area contributed by atoms with Crippen LogP contribution in [0.25, 0.3) is 0 Å². The maximum atomic E-state index is 8.46. The van der Waals surface area contributed by atoms with Gasteiger partial charge in [0.25, 0.3) is 0 Å².